The monoisotopic (exact) mass is 448 g/mol. The van der Waals surface area contributed by atoms with Crippen molar-refractivity contribution in [3.8, 4) is 5.75 Å². The van der Waals surface area contributed by atoms with Gasteiger partial charge in [0.2, 0.25) is 0 Å². The van der Waals surface area contributed by atoms with Crippen LogP contribution < -0.4 is 9.64 Å². The molecule has 0 saturated carbocycles. The first-order valence-electron chi connectivity index (χ1n) is 10.3. The van der Waals surface area contributed by atoms with Gasteiger partial charge in [-0.25, -0.2) is 4.79 Å². The van der Waals surface area contributed by atoms with Crippen molar-refractivity contribution in [1.82, 2.24) is 4.90 Å². The summed E-state index contributed by atoms with van der Waals surface area (Å²) < 4.78 is 10.8. The Morgan fingerprint density at radius 3 is 2.53 bits per heavy atom. The fraction of sp³-hybridized carbons (Fsp3) is 0.435. The highest BCUT2D eigenvalue weighted by molar-refractivity contribution is 6.33. The fourth-order valence-corrected chi connectivity index (χ4v) is 4.65. The van der Waals surface area contributed by atoms with Gasteiger partial charge < -0.3 is 9.47 Å². The van der Waals surface area contributed by atoms with Crippen LogP contribution in [0.5, 0.6) is 5.75 Å². The van der Waals surface area contributed by atoms with Gasteiger partial charge in [-0.1, -0.05) is 23.2 Å². The number of cyclic esters (lactones) is 1. The van der Waals surface area contributed by atoms with Gasteiger partial charge in [-0.3, -0.25) is 9.80 Å². The lowest BCUT2D eigenvalue weighted by molar-refractivity contribution is 0.0914. The Kier molecular flexibility index (Phi) is 6.71. The second-order valence-electron chi connectivity index (χ2n) is 8.00. The first-order valence-corrected chi connectivity index (χ1v) is 11.1. The number of rotatable bonds is 6. The lowest BCUT2D eigenvalue weighted by atomic mass is 9.90. The van der Waals surface area contributed by atoms with E-state index in [-0.39, 0.29) is 12.2 Å². The predicted octanol–water partition coefficient (Wildman–Crippen LogP) is 5.28. The van der Waals surface area contributed by atoms with Crippen molar-refractivity contribution in [1.29, 1.82) is 0 Å². The first kappa shape index (κ1) is 21.3. The number of nitrogens with zero attached hydrogens (tertiary/aromatic N) is 2. The molecule has 2 aromatic carbocycles. The maximum atomic E-state index is 12.3. The Morgan fingerprint density at radius 1 is 1.10 bits per heavy atom. The van der Waals surface area contributed by atoms with Gasteiger partial charge in [-0.05, 0) is 86.3 Å². The zero-order valence-corrected chi connectivity index (χ0v) is 18.5. The lowest BCUT2D eigenvalue weighted by Gasteiger charge is -2.33. The van der Waals surface area contributed by atoms with E-state index in [1.807, 2.05) is 42.5 Å². The number of likely N-dealkylation sites (tertiary alicyclic amines) is 1. The van der Waals surface area contributed by atoms with Crippen molar-refractivity contribution in [2.24, 2.45) is 5.92 Å². The second-order valence-corrected chi connectivity index (χ2v) is 8.84. The second kappa shape index (κ2) is 9.46. The Balaban J connectivity index is 1.27. The summed E-state index contributed by atoms with van der Waals surface area (Å²) in [5.41, 5.74) is 1.96. The van der Waals surface area contributed by atoms with Crippen LogP contribution in [0.25, 0.3) is 0 Å². The molecule has 1 unspecified atom stereocenters. The third-order valence-corrected chi connectivity index (χ3v) is 6.55. The topological polar surface area (TPSA) is 42.0 Å². The number of hydrogen-bond acceptors (Lipinski definition) is 4. The van der Waals surface area contributed by atoms with Crippen LogP contribution in [0.1, 0.15) is 18.4 Å². The van der Waals surface area contributed by atoms with Gasteiger partial charge in [0.05, 0.1) is 13.7 Å². The molecular formula is C23H26Cl2N2O3. The van der Waals surface area contributed by atoms with E-state index in [2.05, 4.69) is 4.90 Å². The predicted molar refractivity (Wildman–Crippen MR) is 120 cm³/mol. The number of ether oxygens (including phenoxy) is 2. The number of piperidine rings is 1. The van der Waals surface area contributed by atoms with Gasteiger partial charge in [-0.2, -0.15) is 0 Å². The van der Waals surface area contributed by atoms with Crippen molar-refractivity contribution in [3.63, 3.8) is 0 Å². The molecule has 2 saturated heterocycles. The fourth-order valence-electron chi connectivity index (χ4n) is 4.26. The molecule has 2 fully saturated rings. The molecule has 0 spiro atoms. The molecule has 160 valence electrons. The van der Waals surface area contributed by atoms with Crippen molar-refractivity contribution in [3.05, 3.63) is 58.1 Å². The molecular weight excluding hydrogens is 423 g/mol. The normalized spacial score (nSPS) is 20.4. The van der Waals surface area contributed by atoms with Crippen LogP contribution >= 0.6 is 23.2 Å². The van der Waals surface area contributed by atoms with Crippen molar-refractivity contribution in [2.75, 3.05) is 38.2 Å². The number of amides is 1. The molecule has 0 aromatic heterocycles. The number of carbonyl (C=O) groups is 1. The minimum absolute atomic E-state index is 0.112. The zero-order valence-electron chi connectivity index (χ0n) is 17.0. The van der Waals surface area contributed by atoms with Gasteiger partial charge in [0.15, 0.2) is 0 Å². The maximum Gasteiger partial charge on any atom is 0.414 e. The molecule has 5 nitrogen and oxygen atoms in total. The summed E-state index contributed by atoms with van der Waals surface area (Å²) >= 11 is 12.4. The third kappa shape index (κ3) is 5.02. The van der Waals surface area contributed by atoms with E-state index in [0.717, 1.165) is 65.9 Å². The first-order chi connectivity index (χ1) is 14.5. The van der Waals surface area contributed by atoms with Crippen LogP contribution in [0.2, 0.25) is 10.0 Å². The molecule has 1 atom stereocenters. The minimum atomic E-state index is -0.282. The summed E-state index contributed by atoms with van der Waals surface area (Å²) in [4.78, 5) is 16.4. The van der Waals surface area contributed by atoms with E-state index in [1.54, 1.807) is 12.0 Å². The molecule has 2 aliphatic rings. The SMILES string of the molecule is COc1ccc(N2CC(CN3CCC(Cc4cc(Cl)ccc4Cl)CC3)OC2=O)cc1. The Hall–Kier alpha value is -1.95. The number of hydrogen-bond donors (Lipinski definition) is 0. The Morgan fingerprint density at radius 2 is 1.83 bits per heavy atom. The Bertz CT molecular complexity index is 883. The molecule has 30 heavy (non-hydrogen) atoms. The maximum absolute atomic E-state index is 12.3. The summed E-state index contributed by atoms with van der Waals surface area (Å²) in [6, 6.07) is 13.1. The largest absolute Gasteiger partial charge is 0.497 e. The molecule has 2 heterocycles. The van der Waals surface area contributed by atoms with Crippen LogP contribution in [-0.2, 0) is 11.2 Å². The van der Waals surface area contributed by atoms with Gasteiger partial charge in [0.1, 0.15) is 11.9 Å². The highest BCUT2D eigenvalue weighted by Crippen LogP contribution is 2.29. The molecule has 2 aromatic rings. The molecule has 0 aliphatic carbocycles. The zero-order chi connectivity index (χ0) is 21.1. The van der Waals surface area contributed by atoms with E-state index < -0.39 is 0 Å². The van der Waals surface area contributed by atoms with E-state index in [1.165, 1.54) is 0 Å². The standard InChI is InChI=1S/C23H26Cl2N2O3/c1-29-20-5-3-19(4-6-20)27-15-21(30-23(27)28)14-26-10-8-16(9-11-26)12-17-13-18(24)2-7-22(17)25/h2-7,13,16,21H,8-12,14-15H2,1H3. The van der Waals surface area contributed by atoms with Gasteiger partial charge >= 0.3 is 6.09 Å². The van der Waals surface area contributed by atoms with E-state index >= 15 is 0 Å². The highest BCUT2D eigenvalue weighted by Gasteiger charge is 2.34. The summed E-state index contributed by atoms with van der Waals surface area (Å²) in [6.45, 7) is 3.34. The lowest BCUT2D eigenvalue weighted by Crippen LogP contribution is -2.40. The number of methoxy groups -OCH3 is 1. The van der Waals surface area contributed by atoms with Crippen LogP contribution in [-0.4, -0.2) is 50.4 Å². The molecule has 0 N–H and O–H groups in total. The number of anilines is 1. The van der Waals surface area contributed by atoms with Crippen LogP contribution in [0.15, 0.2) is 42.5 Å². The number of benzene rings is 2. The van der Waals surface area contributed by atoms with Crippen LogP contribution in [0.3, 0.4) is 0 Å². The molecule has 1 amide bonds. The van der Waals surface area contributed by atoms with E-state index in [9.17, 15) is 4.79 Å². The molecule has 0 radical (unpaired) electrons. The van der Waals surface area contributed by atoms with E-state index in [4.69, 9.17) is 32.7 Å². The van der Waals surface area contributed by atoms with Crippen molar-refractivity contribution in [2.45, 2.75) is 25.4 Å². The summed E-state index contributed by atoms with van der Waals surface area (Å²) in [6.07, 6.45) is 2.77. The highest BCUT2D eigenvalue weighted by atomic mass is 35.5. The van der Waals surface area contributed by atoms with Crippen LogP contribution in [0.4, 0.5) is 10.5 Å². The van der Waals surface area contributed by atoms with E-state index in [0.29, 0.717) is 12.5 Å². The summed E-state index contributed by atoms with van der Waals surface area (Å²) in [5.74, 6) is 1.36. The van der Waals surface area contributed by atoms with Crippen molar-refractivity contribution >= 4 is 35.0 Å². The smallest absolute Gasteiger partial charge is 0.414 e. The third-order valence-electron chi connectivity index (χ3n) is 5.94. The average molecular weight is 449 g/mol. The molecule has 0 bridgehead atoms. The molecule has 7 heteroatoms. The van der Waals surface area contributed by atoms with Crippen LogP contribution in [0, 0.1) is 5.92 Å². The quantitative estimate of drug-likeness (QED) is 0.602. The Labute approximate surface area is 187 Å². The average Bonchev–Trinajstić information content (AvgIpc) is 3.12. The van der Waals surface area contributed by atoms with Gasteiger partial charge in [0, 0.05) is 22.3 Å². The van der Waals surface area contributed by atoms with Gasteiger partial charge in [0.25, 0.3) is 0 Å². The number of carbonyl (C=O) groups excluding carboxylic acids is 1. The minimum Gasteiger partial charge on any atom is -0.497 e. The molecule has 2 aliphatic heterocycles. The van der Waals surface area contributed by atoms with Gasteiger partial charge in [-0.15, -0.1) is 0 Å². The summed E-state index contributed by atoms with van der Waals surface area (Å²) in [5, 5.41) is 1.52. The molecule has 4 rings (SSSR count). The number of halogens is 2. The van der Waals surface area contributed by atoms with Crippen molar-refractivity contribution < 1.29 is 14.3 Å². The summed E-state index contributed by atoms with van der Waals surface area (Å²) in [7, 11) is 1.63.